The number of aromatic nitrogens is 2. The van der Waals surface area contributed by atoms with Gasteiger partial charge < -0.3 is 30.2 Å². The number of rotatable bonds is 7. The van der Waals surface area contributed by atoms with E-state index >= 15 is 0 Å². The summed E-state index contributed by atoms with van der Waals surface area (Å²) in [5.74, 6) is 0.295. The number of nitrogens with one attached hydrogen (secondary N) is 1. The Morgan fingerprint density at radius 2 is 2.06 bits per heavy atom. The van der Waals surface area contributed by atoms with Crippen LogP contribution in [0.4, 0.5) is 20.2 Å². The highest BCUT2D eigenvalue weighted by molar-refractivity contribution is 6.24. The number of benzene rings is 1. The Balaban J connectivity index is 1.63. The average Bonchev–Trinajstić information content (AvgIpc) is 3.14. The molecule has 9 nitrogen and oxygen atoms in total. The van der Waals surface area contributed by atoms with E-state index in [0.29, 0.717) is 44.2 Å². The van der Waals surface area contributed by atoms with Gasteiger partial charge in [-0.25, -0.2) is 9.97 Å². The number of carbonyl (C=O) groups excluding carboxylic acids is 1. The maximum atomic E-state index is 13.1. The first-order valence-electron chi connectivity index (χ1n) is 10.5. The summed E-state index contributed by atoms with van der Waals surface area (Å²) in [4.78, 5) is 23.3. The molecule has 0 saturated carbocycles. The molecule has 1 atom stereocenters. The van der Waals surface area contributed by atoms with Gasteiger partial charge in [0.05, 0.1) is 36.8 Å². The summed E-state index contributed by atoms with van der Waals surface area (Å²) >= 11 is 0. The quantitative estimate of drug-likeness (QED) is 0.604. The second-order valence-corrected chi connectivity index (χ2v) is 7.98. The van der Waals surface area contributed by atoms with Crippen molar-refractivity contribution in [3.8, 4) is 5.75 Å². The molecule has 1 amide bonds. The van der Waals surface area contributed by atoms with Crippen molar-refractivity contribution in [1.29, 1.82) is 0 Å². The zero-order valence-corrected chi connectivity index (χ0v) is 18.1. The van der Waals surface area contributed by atoms with Crippen molar-refractivity contribution in [2.75, 3.05) is 43.1 Å². The lowest BCUT2D eigenvalue weighted by Gasteiger charge is -2.31. The monoisotopic (exact) mass is 461 g/mol. The fourth-order valence-corrected chi connectivity index (χ4v) is 3.92. The predicted molar refractivity (Wildman–Crippen MR) is 117 cm³/mol. The number of hydrogen-bond donors (Lipinski definition) is 2. The molecule has 2 aliphatic rings. The van der Waals surface area contributed by atoms with Gasteiger partial charge in [-0.3, -0.25) is 4.79 Å². The molecule has 1 aromatic carbocycles. The van der Waals surface area contributed by atoms with E-state index in [9.17, 15) is 13.6 Å². The molecule has 3 N–H and O–H groups in total. The van der Waals surface area contributed by atoms with Gasteiger partial charge in [-0.05, 0) is 19.1 Å². The van der Waals surface area contributed by atoms with Gasteiger partial charge in [0.25, 0.3) is 5.91 Å². The third-order valence-electron chi connectivity index (χ3n) is 5.43. The molecule has 1 aromatic heterocycles. The number of morpholine rings is 1. The number of ether oxygens (including phenoxy) is 3. The van der Waals surface area contributed by atoms with Gasteiger partial charge in [0.1, 0.15) is 11.4 Å². The van der Waals surface area contributed by atoms with E-state index < -0.39 is 18.1 Å². The zero-order valence-electron chi connectivity index (χ0n) is 18.1. The number of halogens is 2. The first kappa shape index (κ1) is 22.9. The molecular weight excluding hydrogens is 436 g/mol. The summed E-state index contributed by atoms with van der Waals surface area (Å²) in [5, 5.41) is 2.91. The van der Waals surface area contributed by atoms with Gasteiger partial charge in [-0.1, -0.05) is 0 Å². The lowest BCUT2D eigenvalue weighted by Crippen LogP contribution is -2.37. The van der Waals surface area contributed by atoms with Crippen LogP contribution in [0.25, 0.3) is 5.57 Å². The summed E-state index contributed by atoms with van der Waals surface area (Å²) in [7, 11) is 0. The molecule has 176 valence electrons. The number of alkyl halides is 2. The standard InChI is InChI=1S/C22H25F2N5O4/c1-22(13-32-21(23)24)11-14-9-16(17(10-18(14)33-22)29-5-7-31-8-6-29)28-20(30)15(12-25)19-26-3-2-4-27-19/h2-4,9-10,12,21H,5-8,11,13,25H2,1H3,(H,28,30)/b15-12+/t22-/m0/s1. The molecule has 2 aliphatic heterocycles. The smallest absolute Gasteiger partial charge is 0.345 e. The number of nitrogens with zero attached hydrogens (tertiary/aromatic N) is 3. The van der Waals surface area contributed by atoms with Crippen molar-refractivity contribution in [2.24, 2.45) is 5.73 Å². The van der Waals surface area contributed by atoms with Gasteiger partial charge in [-0.2, -0.15) is 8.78 Å². The van der Waals surface area contributed by atoms with Crippen LogP contribution in [0.1, 0.15) is 18.3 Å². The molecule has 3 heterocycles. The van der Waals surface area contributed by atoms with E-state index in [4.69, 9.17) is 15.2 Å². The van der Waals surface area contributed by atoms with Crippen molar-refractivity contribution in [2.45, 2.75) is 25.6 Å². The average molecular weight is 461 g/mol. The van der Waals surface area contributed by atoms with E-state index in [-0.39, 0.29) is 18.0 Å². The van der Waals surface area contributed by atoms with Crippen LogP contribution in [0.3, 0.4) is 0 Å². The van der Waals surface area contributed by atoms with Crippen LogP contribution < -0.4 is 20.7 Å². The first-order valence-corrected chi connectivity index (χ1v) is 10.5. The molecule has 0 aliphatic carbocycles. The minimum absolute atomic E-state index is 0.121. The Hall–Kier alpha value is -3.31. The molecule has 0 bridgehead atoms. The van der Waals surface area contributed by atoms with E-state index in [1.807, 2.05) is 6.07 Å². The topological polar surface area (TPSA) is 112 Å². The van der Waals surface area contributed by atoms with Crippen LogP contribution in [0.15, 0.2) is 36.8 Å². The summed E-state index contributed by atoms with van der Waals surface area (Å²) in [6.07, 6.45) is 4.55. The number of nitrogens with two attached hydrogens (primary N) is 1. The van der Waals surface area contributed by atoms with Crippen LogP contribution in [-0.2, 0) is 20.7 Å². The molecule has 2 aromatic rings. The summed E-state index contributed by atoms with van der Waals surface area (Å²) in [5.41, 5.74) is 6.93. The van der Waals surface area contributed by atoms with Crippen LogP contribution in [0, 0.1) is 0 Å². The molecular formula is C22H25F2N5O4. The lowest BCUT2D eigenvalue weighted by molar-refractivity contribution is -0.158. The van der Waals surface area contributed by atoms with Gasteiger partial charge >= 0.3 is 6.61 Å². The van der Waals surface area contributed by atoms with Gasteiger partial charge in [0, 0.05) is 49.7 Å². The fraction of sp³-hybridized carbons (Fsp3) is 0.409. The maximum Gasteiger partial charge on any atom is 0.345 e. The minimum atomic E-state index is -2.88. The Morgan fingerprint density at radius 3 is 2.73 bits per heavy atom. The van der Waals surface area contributed by atoms with Crippen molar-refractivity contribution in [3.05, 3.63) is 48.2 Å². The molecule has 33 heavy (non-hydrogen) atoms. The molecule has 0 unspecified atom stereocenters. The van der Waals surface area contributed by atoms with Crippen LogP contribution in [0.2, 0.25) is 0 Å². The number of anilines is 2. The van der Waals surface area contributed by atoms with Gasteiger partial charge in [0.15, 0.2) is 5.82 Å². The predicted octanol–water partition coefficient (Wildman–Crippen LogP) is 2.18. The first-order chi connectivity index (χ1) is 15.9. The Morgan fingerprint density at radius 1 is 1.33 bits per heavy atom. The third-order valence-corrected chi connectivity index (χ3v) is 5.43. The van der Waals surface area contributed by atoms with E-state index in [0.717, 1.165) is 17.5 Å². The summed E-state index contributed by atoms with van der Waals surface area (Å²) in [6.45, 7) is 0.885. The minimum Gasteiger partial charge on any atom is -0.484 e. The van der Waals surface area contributed by atoms with Gasteiger partial charge in [0.2, 0.25) is 0 Å². The Kier molecular flexibility index (Phi) is 6.70. The van der Waals surface area contributed by atoms with E-state index in [1.165, 1.54) is 12.4 Å². The Labute approximate surface area is 189 Å². The van der Waals surface area contributed by atoms with Crippen LogP contribution in [0.5, 0.6) is 5.75 Å². The van der Waals surface area contributed by atoms with Crippen molar-refractivity contribution >= 4 is 22.9 Å². The SMILES string of the molecule is C[C@@]1(COC(F)F)Cc2cc(NC(=O)/C(=C/N)c3ncccn3)c(N3CCOCC3)cc2O1. The fourth-order valence-electron chi connectivity index (χ4n) is 3.92. The van der Waals surface area contributed by atoms with Crippen molar-refractivity contribution < 1.29 is 27.8 Å². The highest BCUT2D eigenvalue weighted by Gasteiger charge is 2.37. The second-order valence-electron chi connectivity index (χ2n) is 7.98. The van der Waals surface area contributed by atoms with E-state index in [2.05, 4.69) is 24.9 Å². The summed E-state index contributed by atoms with van der Waals surface area (Å²) in [6, 6.07) is 5.25. The van der Waals surface area contributed by atoms with Gasteiger partial charge in [-0.15, -0.1) is 0 Å². The van der Waals surface area contributed by atoms with Crippen LogP contribution >= 0.6 is 0 Å². The van der Waals surface area contributed by atoms with Crippen molar-refractivity contribution in [1.82, 2.24) is 9.97 Å². The normalized spacial score (nSPS) is 20.5. The number of hydrogen-bond acceptors (Lipinski definition) is 8. The highest BCUT2D eigenvalue weighted by atomic mass is 19.3. The lowest BCUT2D eigenvalue weighted by atomic mass is 9.99. The number of amides is 1. The molecule has 4 rings (SSSR count). The molecule has 1 fully saturated rings. The molecule has 0 radical (unpaired) electrons. The number of fused-ring (bicyclic) bond motifs is 1. The number of carbonyl (C=O) groups is 1. The Bertz CT molecular complexity index is 1030. The second kappa shape index (κ2) is 9.67. The molecule has 11 heteroatoms. The van der Waals surface area contributed by atoms with Crippen molar-refractivity contribution in [3.63, 3.8) is 0 Å². The van der Waals surface area contributed by atoms with Crippen LogP contribution in [-0.4, -0.2) is 61.0 Å². The highest BCUT2D eigenvalue weighted by Crippen LogP contribution is 2.42. The zero-order chi connectivity index (χ0) is 23.4. The maximum absolute atomic E-state index is 13.1. The largest absolute Gasteiger partial charge is 0.484 e. The molecule has 0 spiro atoms. The summed E-state index contributed by atoms with van der Waals surface area (Å²) < 4.78 is 41.1. The van der Waals surface area contributed by atoms with E-state index in [1.54, 1.807) is 19.1 Å². The third kappa shape index (κ3) is 5.20. The molecule has 1 saturated heterocycles.